The third-order valence-electron chi connectivity index (χ3n) is 3.89. The molecule has 0 aromatic rings. The van der Waals surface area contributed by atoms with Crippen molar-refractivity contribution in [1.82, 2.24) is 5.32 Å². The van der Waals surface area contributed by atoms with Gasteiger partial charge in [-0.1, -0.05) is 26.2 Å². The summed E-state index contributed by atoms with van der Waals surface area (Å²) in [6.45, 7) is 6.66. The van der Waals surface area contributed by atoms with Crippen LogP contribution in [0.2, 0.25) is 0 Å². The molecule has 108 valence electrons. The van der Waals surface area contributed by atoms with E-state index in [-0.39, 0.29) is 0 Å². The van der Waals surface area contributed by atoms with Crippen LogP contribution in [-0.4, -0.2) is 39.0 Å². The van der Waals surface area contributed by atoms with Gasteiger partial charge in [-0.15, -0.1) is 0 Å². The second kappa shape index (κ2) is 9.76. The third-order valence-corrected chi connectivity index (χ3v) is 3.89. The van der Waals surface area contributed by atoms with Gasteiger partial charge in [0, 0.05) is 13.2 Å². The summed E-state index contributed by atoms with van der Waals surface area (Å²) in [5.74, 6) is 0.710. The van der Waals surface area contributed by atoms with E-state index >= 15 is 0 Å². The van der Waals surface area contributed by atoms with E-state index in [1.807, 2.05) is 7.05 Å². The van der Waals surface area contributed by atoms with E-state index in [0.29, 0.717) is 18.1 Å². The van der Waals surface area contributed by atoms with Crippen LogP contribution in [0.3, 0.4) is 0 Å². The van der Waals surface area contributed by atoms with Gasteiger partial charge in [-0.05, 0) is 39.2 Å². The zero-order valence-corrected chi connectivity index (χ0v) is 12.4. The van der Waals surface area contributed by atoms with Gasteiger partial charge in [0.1, 0.15) is 0 Å². The Balaban J connectivity index is 2.49. The molecule has 3 nitrogen and oxygen atoms in total. The molecule has 2 atom stereocenters. The summed E-state index contributed by atoms with van der Waals surface area (Å²) in [6, 6.07) is 0.333. The molecule has 1 aliphatic rings. The second-order valence-corrected chi connectivity index (χ2v) is 5.29. The van der Waals surface area contributed by atoms with Gasteiger partial charge in [-0.3, -0.25) is 0 Å². The monoisotopic (exact) mass is 257 g/mol. The molecule has 0 spiro atoms. The number of hydrogen-bond donors (Lipinski definition) is 1. The van der Waals surface area contributed by atoms with Gasteiger partial charge < -0.3 is 14.8 Å². The van der Waals surface area contributed by atoms with Crippen LogP contribution in [0.5, 0.6) is 0 Å². The van der Waals surface area contributed by atoms with Gasteiger partial charge in [0.25, 0.3) is 0 Å². The summed E-state index contributed by atoms with van der Waals surface area (Å²) < 4.78 is 11.7. The van der Waals surface area contributed by atoms with Crippen LogP contribution in [0.1, 0.15) is 52.4 Å². The third kappa shape index (κ3) is 5.25. The van der Waals surface area contributed by atoms with E-state index in [4.69, 9.17) is 9.47 Å². The SMILES string of the molecule is CCCOCC(NC)C(OCC)C1CCCCC1. The fourth-order valence-corrected chi connectivity index (χ4v) is 2.93. The zero-order valence-electron chi connectivity index (χ0n) is 12.4. The van der Waals surface area contributed by atoms with Crippen molar-refractivity contribution in [2.75, 3.05) is 26.9 Å². The molecule has 1 fully saturated rings. The molecule has 0 aliphatic heterocycles. The molecule has 1 rings (SSSR count). The number of rotatable bonds is 9. The van der Waals surface area contributed by atoms with Crippen molar-refractivity contribution in [2.45, 2.75) is 64.5 Å². The summed E-state index contributed by atoms with van der Waals surface area (Å²) in [7, 11) is 2.02. The van der Waals surface area contributed by atoms with E-state index in [1.54, 1.807) is 0 Å². The van der Waals surface area contributed by atoms with Gasteiger partial charge in [-0.25, -0.2) is 0 Å². The minimum Gasteiger partial charge on any atom is -0.380 e. The molecular formula is C15H31NO2. The normalized spacial score (nSPS) is 20.8. The fourth-order valence-electron chi connectivity index (χ4n) is 2.93. The second-order valence-electron chi connectivity index (χ2n) is 5.29. The number of hydrogen-bond acceptors (Lipinski definition) is 3. The molecule has 0 aromatic heterocycles. The summed E-state index contributed by atoms with van der Waals surface area (Å²) in [4.78, 5) is 0. The highest BCUT2D eigenvalue weighted by Gasteiger charge is 2.30. The van der Waals surface area contributed by atoms with Crippen molar-refractivity contribution >= 4 is 0 Å². The smallest absolute Gasteiger partial charge is 0.0778 e. The molecule has 1 aliphatic carbocycles. The number of ether oxygens (including phenoxy) is 2. The zero-order chi connectivity index (χ0) is 13.2. The predicted molar refractivity (Wildman–Crippen MR) is 75.9 cm³/mol. The Morgan fingerprint density at radius 1 is 1.17 bits per heavy atom. The first kappa shape index (κ1) is 15.9. The van der Waals surface area contributed by atoms with E-state index < -0.39 is 0 Å². The molecule has 1 N–H and O–H groups in total. The van der Waals surface area contributed by atoms with Crippen LogP contribution in [0.4, 0.5) is 0 Å². The lowest BCUT2D eigenvalue weighted by atomic mass is 9.82. The van der Waals surface area contributed by atoms with Gasteiger partial charge in [0.15, 0.2) is 0 Å². The van der Waals surface area contributed by atoms with E-state index in [1.165, 1.54) is 32.1 Å². The van der Waals surface area contributed by atoms with Crippen molar-refractivity contribution in [2.24, 2.45) is 5.92 Å². The first-order chi connectivity index (χ1) is 8.83. The molecule has 0 aromatic carbocycles. The van der Waals surface area contributed by atoms with Crippen molar-refractivity contribution in [3.05, 3.63) is 0 Å². The van der Waals surface area contributed by atoms with Crippen LogP contribution in [0, 0.1) is 5.92 Å². The van der Waals surface area contributed by atoms with Crippen molar-refractivity contribution in [3.8, 4) is 0 Å². The van der Waals surface area contributed by atoms with E-state index in [2.05, 4.69) is 19.2 Å². The standard InChI is InChI=1S/C15H31NO2/c1-4-11-17-12-14(16-3)15(18-5-2)13-9-7-6-8-10-13/h13-16H,4-12H2,1-3H3. The van der Waals surface area contributed by atoms with Gasteiger partial charge in [-0.2, -0.15) is 0 Å². The molecule has 0 bridgehead atoms. The molecule has 3 heteroatoms. The first-order valence-electron chi connectivity index (χ1n) is 7.70. The van der Waals surface area contributed by atoms with Crippen molar-refractivity contribution in [1.29, 1.82) is 0 Å². The van der Waals surface area contributed by atoms with Gasteiger partial charge in [0.2, 0.25) is 0 Å². The lowest BCUT2D eigenvalue weighted by Crippen LogP contribution is -2.47. The Morgan fingerprint density at radius 3 is 2.44 bits per heavy atom. The molecule has 1 saturated carbocycles. The average molecular weight is 257 g/mol. The molecule has 0 saturated heterocycles. The molecule has 0 radical (unpaired) electrons. The van der Waals surface area contributed by atoms with Crippen LogP contribution in [0.25, 0.3) is 0 Å². The van der Waals surface area contributed by atoms with Crippen LogP contribution < -0.4 is 5.32 Å². The molecular weight excluding hydrogens is 226 g/mol. The maximum atomic E-state index is 6.02. The topological polar surface area (TPSA) is 30.5 Å². The Bertz CT molecular complexity index is 193. The lowest BCUT2D eigenvalue weighted by Gasteiger charge is -2.35. The summed E-state index contributed by atoms with van der Waals surface area (Å²) >= 11 is 0. The van der Waals surface area contributed by atoms with Crippen molar-refractivity contribution in [3.63, 3.8) is 0 Å². The number of likely N-dealkylation sites (N-methyl/N-ethyl adjacent to an activating group) is 1. The Kier molecular flexibility index (Phi) is 8.64. The highest BCUT2D eigenvalue weighted by molar-refractivity contribution is 4.84. The fraction of sp³-hybridized carbons (Fsp3) is 1.00. The van der Waals surface area contributed by atoms with Crippen LogP contribution in [-0.2, 0) is 9.47 Å². The molecule has 2 unspecified atom stereocenters. The average Bonchev–Trinajstić information content (AvgIpc) is 2.43. The first-order valence-corrected chi connectivity index (χ1v) is 7.70. The van der Waals surface area contributed by atoms with E-state index in [0.717, 1.165) is 26.2 Å². The Morgan fingerprint density at radius 2 is 1.89 bits per heavy atom. The highest BCUT2D eigenvalue weighted by atomic mass is 16.5. The largest absolute Gasteiger partial charge is 0.380 e. The maximum Gasteiger partial charge on any atom is 0.0778 e. The Labute approximate surface area is 113 Å². The number of nitrogens with one attached hydrogen (secondary N) is 1. The molecule has 0 heterocycles. The quantitative estimate of drug-likeness (QED) is 0.644. The summed E-state index contributed by atoms with van der Waals surface area (Å²) in [6.07, 6.45) is 8.15. The molecule has 0 amide bonds. The van der Waals surface area contributed by atoms with Crippen LogP contribution in [0.15, 0.2) is 0 Å². The van der Waals surface area contributed by atoms with Gasteiger partial charge >= 0.3 is 0 Å². The summed E-state index contributed by atoms with van der Waals surface area (Å²) in [5, 5.41) is 3.39. The predicted octanol–water partition coefficient (Wildman–Crippen LogP) is 2.99. The van der Waals surface area contributed by atoms with Crippen LogP contribution >= 0.6 is 0 Å². The molecule has 18 heavy (non-hydrogen) atoms. The lowest BCUT2D eigenvalue weighted by molar-refractivity contribution is -0.0381. The summed E-state index contributed by atoms with van der Waals surface area (Å²) in [5.41, 5.74) is 0. The maximum absolute atomic E-state index is 6.02. The van der Waals surface area contributed by atoms with Gasteiger partial charge in [0.05, 0.1) is 18.8 Å². The highest BCUT2D eigenvalue weighted by Crippen LogP contribution is 2.29. The van der Waals surface area contributed by atoms with Crippen molar-refractivity contribution < 1.29 is 9.47 Å². The van der Waals surface area contributed by atoms with E-state index in [9.17, 15) is 0 Å². The minimum absolute atomic E-state index is 0.317. The minimum atomic E-state index is 0.317. The Hall–Kier alpha value is -0.120.